The lowest BCUT2D eigenvalue weighted by Crippen LogP contribution is -2.45. The van der Waals surface area contributed by atoms with Crippen LogP contribution in [0.5, 0.6) is 5.75 Å². The van der Waals surface area contributed by atoms with Crippen LogP contribution in [0.15, 0.2) is 72.8 Å². The molecule has 4 N–H and O–H groups in total. The predicted octanol–water partition coefficient (Wildman–Crippen LogP) is 3.84. The Balaban J connectivity index is 1.29. The van der Waals surface area contributed by atoms with Gasteiger partial charge in [0, 0.05) is 25.3 Å². The number of nitrogens with one attached hydrogen (secondary N) is 2. The highest BCUT2D eigenvalue weighted by Gasteiger charge is 2.25. The minimum Gasteiger partial charge on any atom is -0.492 e. The molecule has 2 heterocycles. The molecule has 0 fully saturated rings. The van der Waals surface area contributed by atoms with Crippen molar-refractivity contribution < 1.29 is 24.5 Å². The first-order chi connectivity index (χ1) is 20.0. The van der Waals surface area contributed by atoms with Crippen molar-refractivity contribution in [3.05, 3.63) is 89.6 Å². The van der Waals surface area contributed by atoms with E-state index in [1.165, 1.54) is 5.56 Å². The van der Waals surface area contributed by atoms with E-state index in [1.54, 1.807) is 30.3 Å². The normalized spacial score (nSPS) is 14.0. The number of hydrogen-bond acceptors (Lipinski definition) is 7. The first-order valence-corrected chi connectivity index (χ1v) is 14.4. The van der Waals surface area contributed by atoms with Crippen LogP contribution in [-0.2, 0) is 22.4 Å². The van der Waals surface area contributed by atoms with Crippen LogP contribution in [0.4, 0.5) is 5.82 Å². The third-order valence-electron chi connectivity index (χ3n) is 7.24. The van der Waals surface area contributed by atoms with Crippen LogP contribution < -0.4 is 15.4 Å². The summed E-state index contributed by atoms with van der Waals surface area (Å²) < 4.78 is 5.89. The molecular formula is C32H40N4O5. The van der Waals surface area contributed by atoms with Gasteiger partial charge in [-0.05, 0) is 74.4 Å². The van der Waals surface area contributed by atoms with Crippen LogP contribution in [0, 0.1) is 0 Å². The summed E-state index contributed by atoms with van der Waals surface area (Å²) in [5.41, 5.74) is 2.77. The third kappa shape index (κ3) is 9.58. The number of aliphatic carboxylic acids is 1. The van der Waals surface area contributed by atoms with E-state index in [0.717, 1.165) is 62.5 Å². The van der Waals surface area contributed by atoms with E-state index in [2.05, 4.69) is 27.7 Å². The molecule has 2 atom stereocenters. The van der Waals surface area contributed by atoms with Crippen LogP contribution in [0.3, 0.4) is 0 Å². The number of unbranched alkanes of at least 4 members (excludes halogenated alkanes) is 1. The first-order valence-electron chi connectivity index (χ1n) is 14.4. The van der Waals surface area contributed by atoms with E-state index in [4.69, 9.17) is 9.72 Å². The zero-order valence-electron chi connectivity index (χ0n) is 23.4. The lowest BCUT2D eigenvalue weighted by atomic mass is 10.1. The predicted molar refractivity (Wildman–Crippen MR) is 158 cm³/mol. The molecule has 0 saturated carbocycles. The molecule has 0 radical (unpaired) electrons. The maximum absolute atomic E-state index is 12.6. The molecule has 1 aliphatic heterocycles. The number of para-hydroxylation sites is 1. The zero-order chi connectivity index (χ0) is 28.9. The quantitative estimate of drug-likeness (QED) is 0.195. The maximum Gasteiger partial charge on any atom is 0.326 e. The van der Waals surface area contributed by atoms with Gasteiger partial charge in [-0.25, -0.2) is 9.78 Å². The van der Waals surface area contributed by atoms with Gasteiger partial charge in [-0.1, -0.05) is 54.6 Å². The third-order valence-corrected chi connectivity index (χ3v) is 7.24. The summed E-state index contributed by atoms with van der Waals surface area (Å²) >= 11 is 0. The molecular weight excluding hydrogens is 520 g/mol. The SMILES string of the molecule is O=C(O)[C@H](CCN(CCCCc1ccc2c(n1)NCCC2)CCOc1ccccc1)NC(=O)[C@H](O)c1ccccc1. The number of hydrogen-bond donors (Lipinski definition) is 4. The molecule has 0 bridgehead atoms. The van der Waals surface area contributed by atoms with E-state index < -0.39 is 24.0 Å². The minimum absolute atomic E-state index is 0.200. The van der Waals surface area contributed by atoms with Crippen LogP contribution in [0.1, 0.15) is 48.6 Å². The Morgan fingerprint density at radius 2 is 1.73 bits per heavy atom. The van der Waals surface area contributed by atoms with Gasteiger partial charge in [0.25, 0.3) is 5.91 Å². The Morgan fingerprint density at radius 1 is 0.976 bits per heavy atom. The molecule has 1 aromatic heterocycles. The van der Waals surface area contributed by atoms with E-state index in [1.807, 2.05) is 30.3 Å². The van der Waals surface area contributed by atoms with Gasteiger partial charge in [-0.2, -0.15) is 0 Å². The Bertz CT molecular complexity index is 1240. The standard InChI is InChI=1S/C32H40N4O5/c37-29(24-10-3-1-4-11-24)31(38)35-28(32(39)40)18-21-36(22-23-41-27-14-5-2-6-15-27)20-8-7-13-26-17-16-25-12-9-19-33-30(25)34-26/h1-6,10-11,14-17,28-29,37H,7-9,12-13,18-23H2,(H,33,34)(H,35,38)(H,39,40)/t28-,29+/m0/s1. The molecule has 4 rings (SSSR count). The van der Waals surface area contributed by atoms with Gasteiger partial charge in [-0.15, -0.1) is 0 Å². The van der Waals surface area contributed by atoms with Crippen molar-refractivity contribution in [2.24, 2.45) is 0 Å². The number of ether oxygens (including phenoxy) is 1. The monoisotopic (exact) mass is 560 g/mol. The molecule has 9 heteroatoms. The Labute approximate surface area is 241 Å². The van der Waals surface area contributed by atoms with Gasteiger partial charge < -0.3 is 25.6 Å². The fourth-order valence-electron chi connectivity index (χ4n) is 4.90. The summed E-state index contributed by atoms with van der Waals surface area (Å²) in [6, 6.07) is 21.2. The molecule has 0 saturated heterocycles. The summed E-state index contributed by atoms with van der Waals surface area (Å²) in [6.07, 6.45) is 3.70. The smallest absolute Gasteiger partial charge is 0.326 e. The molecule has 2 aromatic carbocycles. The number of aromatic nitrogens is 1. The minimum atomic E-state index is -1.43. The number of aryl methyl sites for hydroxylation is 2. The van der Waals surface area contributed by atoms with Crippen molar-refractivity contribution in [1.82, 2.24) is 15.2 Å². The van der Waals surface area contributed by atoms with Gasteiger partial charge in [0.2, 0.25) is 0 Å². The van der Waals surface area contributed by atoms with Gasteiger partial charge in [0.15, 0.2) is 6.10 Å². The Kier molecular flexibility index (Phi) is 11.5. The highest BCUT2D eigenvalue weighted by molar-refractivity contribution is 5.86. The van der Waals surface area contributed by atoms with E-state index in [9.17, 15) is 19.8 Å². The summed E-state index contributed by atoms with van der Waals surface area (Å²) in [5, 5.41) is 26.1. The van der Waals surface area contributed by atoms with Crippen LogP contribution in [0.25, 0.3) is 0 Å². The molecule has 41 heavy (non-hydrogen) atoms. The second-order valence-corrected chi connectivity index (χ2v) is 10.3. The number of anilines is 1. The summed E-state index contributed by atoms with van der Waals surface area (Å²) in [6.45, 7) is 3.25. The van der Waals surface area contributed by atoms with E-state index in [-0.39, 0.29) is 6.42 Å². The molecule has 1 aliphatic rings. The summed E-state index contributed by atoms with van der Waals surface area (Å²) in [5.74, 6) is -0.0708. The summed E-state index contributed by atoms with van der Waals surface area (Å²) in [4.78, 5) is 31.5. The van der Waals surface area contributed by atoms with Crippen molar-refractivity contribution in [2.45, 2.75) is 50.7 Å². The maximum atomic E-state index is 12.6. The average molecular weight is 561 g/mol. The number of rotatable bonds is 16. The lowest BCUT2D eigenvalue weighted by Gasteiger charge is -2.25. The molecule has 9 nitrogen and oxygen atoms in total. The largest absolute Gasteiger partial charge is 0.492 e. The number of benzene rings is 2. The number of carboxylic acids is 1. The van der Waals surface area contributed by atoms with Gasteiger partial charge in [0.1, 0.15) is 24.2 Å². The van der Waals surface area contributed by atoms with E-state index >= 15 is 0 Å². The fourth-order valence-corrected chi connectivity index (χ4v) is 4.90. The number of carbonyl (C=O) groups is 2. The first kappa shape index (κ1) is 30.0. The van der Waals surface area contributed by atoms with Crippen molar-refractivity contribution in [1.29, 1.82) is 0 Å². The zero-order valence-corrected chi connectivity index (χ0v) is 23.4. The number of carboxylic acid groups (broad SMARTS) is 1. The number of nitrogens with zero attached hydrogens (tertiary/aromatic N) is 2. The van der Waals surface area contributed by atoms with Crippen LogP contribution in [0.2, 0.25) is 0 Å². The second-order valence-electron chi connectivity index (χ2n) is 10.3. The molecule has 0 unspecified atom stereocenters. The number of pyridine rings is 1. The number of aliphatic hydroxyl groups is 1. The molecule has 0 spiro atoms. The number of fused-ring (bicyclic) bond motifs is 1. The van der Waals surface area contributed by atoms with Gasteiger partial charge >= 0.3 is 5.97 Å². The molecule has 3 aromatic rings. The fraction of sp³-hybridized carbons (Fsp3) is 0.406. The van der Waals surface area contributed by atoms with Crippen molar-refractivity contribution in [3.8, 4) is 5.75 Å². The molecule has 218 valence electrons. The highest BCUT2D eigenvalue weighted by Crippen LogP contribution is 2.20. The van der Waals surface area contributed by atoms with E-state index in [0.29, 0.717) is 25.3 Å². The summed E-state index contributed by atoms with van der Waals surface area (Å²) in [7, 11) is 0. The van der Waals surface area contributed by atoms with Crippen LogP contribution >= 0.6 is 0 Å². The lowest BCUT2D eigenvalue weighted by molar-refractivity contribution is -0.143. The second kappa shape index (κ2) is 15.7. The average Bonchev–Trinajstić information content (AvgIpc) is 3.01. The Morgan fingerprint density at radius 3 is 2.49 bits per heavy atom. The van der Waals surface area contributed by atoms with Crippen molar-refractivity contribution >= 4 is 17.7 Å². The topological polar surface area (TPSA) is 124 Å². The van der Waals surface area contributed by atoms with Crippen molar-refractivity contribution in [2.75, 3.05) is 38.1 Å². The van der Waals surface area contributed by atoms with Crippen molar-refractivity contribution in [3.63, 3.8) is 0 Å². The number of amides is 1. The Hall–Kier alpha value is -3.95. The van der Waals surface area contributed by atoms with Gasteiger partial charge in [-0.3, -0.25) is 9.69 Å². The molecule has 1 amide bonds. The molecule has 0 aliphatic carbocycles. The van der Waals surface area contributed by atoms with Gasteiger partial charge in [0.05, 0.1) is 0 Å². The van der Waals surface area contributed by atoms with Crippen LogP contribution in [-0.4, -0.2) is 70.8 Å². The number of carbonyl (C=O) groups excluding carboxylic acids is 1. The number of aliphatic hydroxyl groups excluding tert-OH is 1. The highest BCUT2D eigenvalue weighted by atomic mass is 16.5.